The van der Waals surface area contributed by atoms with E-state index in [2.05, 4.69) is 10.3 Å². The Hall–Kier alpha value is -2.80. The van der Waals surface area contributed by atoms with Gasteiger partial charge in [0.25, 0.3) is 11.8 Å². The molecule has 2 atom stereocenters. The fraction of sp³-hybridized carbons (Fsp3) is 0.381. The van der Waals surface area contributed by atoms with Crippen LogP contribution in [-0.2, 0) is 9.53 Å². The number of nitrogens with two attached hydrogens (primary N) is 1. The van der Waals surface area contributed by atoms with Crippen molar-refractivity contribution in [2.45, 2.75) is 52.7 Å². The lowest BCUT2D eigenvalue weighted by molar-refractivity contribution is -0.126. The number of carbonyl (C=O) groups is 2. The number of carbonyl (C=O) groups excluding carboxylic acids is 2. The van der Waals surface area contributed by atoms with E-state index in [0.29, 0.717) is 12.1 Å². The Kier molecular flexibility index (Phi) is 9.81. The maximum atomic E-state index is 12.2. The fourth-order valence-corrected chi connectivity index (χ4v) is 2.47. The van der Waals surface area contributed by atoms with Crippen molar-refractivity contribution in [3.63, 3.8) is 0 Å². The number of aryl methyl sites for hydroxylation is 1. The lowest BCUT2D eigenvalue weighted by atomic mass is 10.2. The maximum Gasteiger partial charge on any atom is 0.267 e. The lowest BCUT2D eigenvalue weighted by Gasteiger charge is -2.11. The molecule has 3 rings (SSSR count). The van der Waals surface area contributed by atoms with E-state index in [0.717, 1.165) is 12.0 Å². The first-order valence-corrected chi connectivity index (χ1v) is 9.29. The van der Waals surface area contributed by atoms with Gasteiger partial charge in [-0.2, -0.15) is 0 Å². The maximum absolute atomic E-state index is 12.2. The van der Waals surface area contributed by atoms with Crippen LogP contribution in [0.1, 0.15) is 49.7 Å². The summed E-state index contributed by atoms with van der Waals surface area (Å²) in [7, 11) is 0. The van der Waals surface area contributed by atoms with Gasteiger partial charge in [0.15, 0.2) is 0 Å². The summed E-state index contributed by atoms with van der Waals surface area (Å²) in [5.41, 5.74) is 6.69. The van der Waals surface area contributed by atoms with Gasteiger partial charge in [-0.25, -0.2) is 4.39 Å². The van der Waals surface area contributed by atoms with Crippen LogP contribution in [0.5, 0.6) is 0 Å². The van der Waals surface area contributed by atoms with E-state index in [1.807, 2.05) is 33.8 Å². The van der Waals surface area contributed by atoms with Gasteiger partial charge in [0, 0.05) is 11.9 Å². The molecule has 3 N–H and O–H groups in total. The van der Waals surface area contributed by atoms with Crippen molar-refractivity contribution in [1.29, 1.82) is 0 Å². The van der Waals surface area contributed by atoms with Gasteiger partial charge in [-0.3, -0.25) is 14.6 Å². The number of halogens is 1. The molecule has 1 saturated heterocycles. The van der Waals surface area contributed by atoms with E-state index in [-0.39, 0.29) is 23.5 Å². The summed E-state index contributed by atoms with van der Waals surface area (Å²) < 4.78 is 17.6. The molecule has 7 heteroatoms. The highest BCUT2D eigenvalue weighted by atomic mass is 19.1. The zero-order valence-electron chi connectivity index (χ0n) is 16.7. The van der Waals surface area contributed by atoms with Gasteiger partial charge >= 0.3 is 0 Å². The van der Waals surface area contributed by atoms with Crippen molar-refractivity contribution in [3.05, 3.63) is 59.7 Å². The second kappa shape index (κ2) is 11.8. The molecule has 152 valence electrons. The topological polar surface area (TPSA) is 94.3 Å². The number of amides is 2. The number of benzene rings is 1. The average Bonchev–Trinajstić information content (AvgIpc) is 3.10. The largest absolute Gasteiger partial charge is 0.365 e. The van der Waals surface area contributed by atoms with Gasteiger partial charge in [-0.05, 0) is 56.5 Å². The van der Waals surface area contributed by atoms with Gasteiger partial charge < -0.3 is 15.8 Å². The van der Waals surface area contributed by atoms with E-state index in [4.69, 9.17) is 10.5 Å². The number of hydrogen-bond acceptors (Lipinski definition) is 4. The number of pyridine rings is 1. The van der Waals surface area contributed by atoms with Crippen molar-refractivity contribution in [3.8, 4) is 0 Å². The van der Waals surface area contributed by atoms with Gasteiger partial charge in [0.1, 0.15) is 17.6 Å². The molecule has 0 radical (unpaired) electrons. The number of aromatic nitrogens is 1. The summed E-state index contributed by atoms with van der Waals surface area (Å²) in [5.74, 6) is -0.997. The molecule has 1 aromatic heterocycles. The van der Waals surface area contributed by atoms with Crippen LogP contribution in [0.25, 0.3) is 0 Å². The molecule has 0 saturated carbocycles. The zero-order valence-corrected chi connectivity index (χ0v) is 16.7. The van der Waals surface area contributed by atoms with Crippen LogP contribution >= 0.6 is 0 Å². The molecule has 0 bridgehead atoms. The Morgan fingerprint density at radius 1 is 1.21 bits per heavy atom. The van der Waals surface area contributed by atoms with Crippen LogP contribution in [0.3, 0.4) is 0 Å². The van der Waals surface area contributed by atoms with E-state index in [1.165, 1.54) is 24.4 Å². The summed E-state index contributed by atoms with van der Waals surface area (Å²) in [6.45, 7) is 7.80. The second-order valence-corrected chi connectivity index (χ2v) is 6.09. The van der Waals surface area contributed by atoms with E-state index in [1.54, 1.807) is 12.1 Å². The summed E-state index contributed by atoms with van der Waals surface area (Å²) in [5, 5.41) is 2.69. The fourth-order valence-electron chi connectivity index (χ4n) is 2.47. The molecule has 2 aromatic rings. The standard InChI is InChI=1S/C12H15N3O3.C7H7F.C2H6/c1-7-2-3-10(18-7)12(17)15-8-4-5-14-9(6-8)11(13)16;1-6-3-2-4-7(8)5-6;1-2/h4-7,10H,2-3H2,1H3,(H2,13,16)(H,14,15,17);2-5H,1H3;1-2H3. The zero-order chi connectivity index (χ0) is 21.1. The minimum atomic E-state index is -0.628. The lowest BCUT2D eigenvalue weighted by Crippen LogP contribution is -2.28. The van der Waals surface area contributed by atoms with Crippen molar-refractivity contribution >= 4 is 17.5 Å². The molecule has 1 aliphatic rings. The molecule has 0 aliphatic carbocycles. The molecule has 1 aliphatic heterocycles. The van der Waals surface area contributed by atoms with Crippen molar-refractivity contribution in [2.75, 3.05) is 5.32 Å². The average molecular weight is 389 g/mol. The Morgan fingerprint density at radius 3 is 2.43 bits per heavy atom. The van der Waals surface area contributed by atoms with Crippen LogP contribution in [0.15, 0.2) is 42.6 Å². The van der Waals surface area contributed by atoms with E-state index in [9.17, 15) is 14.0 Å². The number of ether oxygens (including phenoxy) is 1. The highest BCUT2D eigenvalue weighted by Crippen LogP contribution is 2.20. The summed E-state index contributed by atoms with van der Waals surface area (Å²) in [4.78, 5) is 26.6. The first-order chi connectivity index (χ1) is 13.3. The Bertz CT molecular complexity index is 766. The highest BCUT2D eigenvalue weighted by molar-refractivity contribution is 5.96. The van der Waals surface area contributed by atoms with Crippen LogP contribution in [-0.4, -0.2) is 29.0 Å². The number of primary amides is 1. The molecule has 6 nitrogen and oxygen atoms in total. The van der Waals surface area contributed by atoms with Gasteiger partial charge in [-0.15, -0.1) is 0 Å². The molecule has 28 heavy (non-hydrogen) atoms. The van der Waals surface area contributed by atoms with Gasteiger partial charge in [0.05, 0.1) is 6.10 Å². The Labute approximate surface area is 165 Å². The normalized spacial score (nSPS) is 17.5. The number of nitrogens with one attached hydrogen (secondary N) is 1. The number of rotatable bonds is 3. The second-order valence-electron chi connectivity index (χ2n) is 6.09. The Balaban J connectivity index is 0.000000327. The molecule has 2 heterocycles. The number of hydrogen-bond donors (Lipinski definition) is 2. The molecule has 1 aromatic carbocycles. The first kappa shape index (κ1) is 23.2. The predicted molar refractivity (Wildman–Crippen MR) is 107 cm³/mol. The van der Waals surface area contributed by atoms with Crippen molar-refractivity contribution in [1.82, 2.24) is 4.98 Å². The number of anilines is 1. The molecular weight excluding hydrogens is 361 g/mol. The highest BCUT2D eigenvalue weighted by Gasteiger charge is 2.28. The van der Waals surface area contributed by atoms with Gasteiger partial charge in [0.2, 0.25) is 0 Å². The third-order valence-electron chi connectivity index (χ3n) is 3.78. The van der Waals surface area contributed by atoms with Crippen molar-refractivity contribution in [2.24, 2.45) is 5.73 Å². The van der Waals surface area contributed by atoms with Crippen molar-refractivity contribution < 1.29 is 18.7 Å². The van der Waals surface area contributed by atoms with Crippen LogP contribution in [0, 0.1) is 12.7 Å². The molecule has 0 spiro atoms. The van der Waals surface area contributed by atoms with Crippen LogP contribution in [0.4, 0.5) is 10.1 Å². The summed E-state index contributed by atoms with van der Waals surface area (Å²) in [6, 6.07) is 9.54. The van der Waals surface area contributed by atoms with Gasteiger partial charge in [-0.1, -0.05) is 26.0 Å². The molecule has 2 unspecified atom stereocenters. The summed E-state index contributed by atoms with van der Waals surface area (Å²) in [6.07, 6.45) is 2.69. The molecular formula is C21H28FN3O3. The smallest absolute Gasteiger partial charge is 0.267 e. The monoisotopic (exact) mass is 389 g/mol. The summed E-state index contributed by atoms with van der Waals surface area (Å²) >= 11 is 0. The molecule has 2 amide bonds. The Morgan fingerprint density at radius 2 is 1.93 bits per heavy atom. The minimum Gasteiger partial charge on any atom is -0.365 e. The van der Waals surface area contributed by atoms with E-state index < -0.39 is 12.0 Å². The molecule has 1 fully saturated rings. The van der Waals surface area contributed by atoms with Crippen LogP contribution in [0.2, 0.25) is 0 Å². The van der Waals surface area contributed by atoms with Crippen LogP contribution < -0.4 is 11.1 Å². The predicted octanol–water partition coefficient (Wildman–Crippen LogP) is 3.85. The minimum absolute atomic E-state index is 0.111. The first-order valence-electron chi connectivity index (χ1n) is 9.29. The third-order valence-corrected chi connectivity index (χ3v) is 3.78. The number of nitrogens with zero attached hydrogens (tertiary/aromatic N) is 1. The SMILES string of the molecule is CC.CC1CCC(C(=O)Nc2ccnc(C(N)=O)c2)O1.Cc1cccc(F)c1. The van der Waals surface area contributed by atoms with E-state index >= 15 is 0 Å². The third kappa shape index (κ3) is 7.84. The quantitative estimate of drug-likeness (QED) is 0.834.